The third-order valence-corrected chi connectivity index (χ3v) is 4.49. The highest BCUT2D eigenvalue weighted by Gasteiger charge is 2.16. The molecule has 4 rings (SSSR count). The van der Waals surface area contributed by atoms with Crippen LogP contribution < -0.4 is 10.1 Å². The molecule has 3 aromatic heterocycles. The topological polar surface area (TPSA) is 140 Å². The molecular formula is C23H24N8O3. The van der Waals surface area contributed by atoms with E-state index in [9.17, 15) is 4.79 Å². The van der Waals surface area contributed by atoms with Crippen LogP contribution in [0.1, 0.15) is 26.3 Å². The number of H-pyrrole nitrogens is 1. The summed E-state index contributed by atoms with van der Waals surface area (Å²) in [6.45, 7) is 5.66. The van der Waals surface area contributed by atoms with Crippen molar-refractivity contribution in [1.82, 2.24) is 25.1 Å². The lowest BCUT2D eigenvalue weighted by Gasteiger charge is -2.19. The first-order valence-corrected chi connectivity index (χ1v) is 10.5. The predicted molar refractivity (Wildman–Crippen MR) is 126 cm³/mol. The van der Waals surface area contributed by atoms with Gasteiger partial charge in [0.2, 0.25) is 0 Å². The first-order valence-electron chi connectivity index (χ1n) is 10.5. The molecule has 0 saturated heterocycles. The molecule has 1 amide bonds. The molecular weight excluding hydrogens is 436 g/mol. The number of hydrogen-bond donors (Lipinski definition) is 2. The Morgan fingerprint density at radius 3 is 2.74 bits per heavy atom. The van der Waals surface area contributed by atoms with Crippen LogP contribution in [0.3, 0.4) is 0 Å². The van der Waals surface area contributed by atoms with Crippen molar-refractivity contribution in [2.75, 3.05) is 12.4 Å². The van der Waals surface area contributed by atoms with Crippen molar-refractivity contribution >= 4 is 28.8 Å². The van der Waals surface area contributed by atoms with Gasteiger partial charge in [0.15, 0.2) is 17.3 Å². The number of rotatable bonds is 6. The molecule has 0 spiro atoms. The lowest BCUT2D eigenvalue weighted by atomic mass is 10.2. The highest BCUT2D eigenvalue weighted by atomic mass is 16.6. The van der Waals surface area contributed by atoms with Gasteiger partial charge in [-0.05, 0) is 44.5 Å². The molecule has 2 N–H and O–H groups in total. The van der Waals surface area contributed by atoms with Crippen molar-refractivity contribution in [1.29, 1.82) is 0 Å². The van der Waals surface area contributed by atoms with E-state index in [4.69, 9.17) is 9.47 Å². The van der Waals surface area contributed by atoms with Gasteiger partial charge >= 0.3 is 6.09 Å². The van der Waals surface area contributed by atoms with Crippen LogP contribution in [0, 0.1) is 0 Å². The molecule has 11 heteroatoms. The number of carbonyl (C=O) groups excluding carboxylic acids is 1. The van der Waals surface area contributed by atoms with E-state index in [1.54, 1.807) is 52.4 Å². The van der Waals surface area contributed by atoms with Crippen molar-refractivity contribution < 1.29 is 14.3 Å². The summed E-state index contributed by atoms with van der Waals surface area (Å²) in [6.07, 6.45) is 2.66. The predicted octanol–water partition coefficient (Wildman–Crippen LogP) is 5.05. The molecule has 0 bridgehead atoms. The van der Waals surface area contributed by atoms with Crippen molar-refractivity contribution in [3.8, 4) is 17.1 Å². The molecule has 0 atom stereocenters. The van der Waals surface area contributed by atoms with Crippen LogP contribution in [-0.2, 0) is 11.3 Å². The number of hydrogen-bond acceptors (Lipinski definition) is 9. The van der Waals surface area contributed by atoms with Gasteiger partial charge in [-0.25, -0.2) is 19.7 Å². The Hall–Kier alpha value is -4.41. The highest BCUT2D eigenvalue weighted by Crippen LogP contribution is 2.27. The van der Waals surface area contributed by atoms with Crippen LogP contribution in [0.5, 0.6) is 5.75 Å². The zero-order chi connectivity index (χ0) is 24.1. The van der Waals surface area contributed by atoms with E-state index < -0.39 is 11.7 Å². The molecule has 1 aromatic carbocycles. The van der Waals surface area contributed by atoms with Crippen LogP contribution in [0.4, 0.5) is 16.4 Å². The van der Waals surface area contributed by atoms with Crippen molar-refractivity contribution in [2.45, 2.75) is 32.9 Å². The van der Waals surface area contributed by atoms with Crippen molar-refractivity contribution in [3.05, 3.63) is 54.4 Å². The second-order valence-electron chi connectivity index (χ2n) is 8.31. The van der Waals surface area contributed by atoms with Gasteiger partial charge in [0.05, 0.1) is 25.2 Å². The molecule has 0 aliphatic heterocycles. The number of benzene rings is 1. The number of nitrogens with zero attached hydrogens (tertiary/aromatic N) is 6. The Labute approximate surface area is 195 Å². The summed E-state index contributed by atoms with van der Waals surface area (Å²) < 4.78 is 10.5. The molecule has 11 nitrogen and oxygen atoms in total. The molecule has 0 aliphatic rings. The minimum atomic E-state index is -0.585. The average Bonchev–Trinajstić information content (AvgIpc) is 3.28. The Kier molecular flexibility index (Phi) is 6.44. The zero-order valence-electron chi connectivity index (χ0n) is 19.2. The zero-order valence-corrected chi connectivity index (χ0v) is 19.2. The maximum absolute atomic E-state index is 11.9. The number of aromatic nitrogens is 5. The first-order chi connectivity index (χ1) is 16.3. The summed E-state index contributed by atoms with van der Waals surface area (Å²) >= 11 is 0. The largest absolute Gasteiger partial charge is 0.497 e. The van der Waals surface area contributed by atoms with E-state index in [1.807, 2.05) is 24.3 Å². The quantitative estimate of drug-likeness (QED) is 0.383. The first kappa shape index (κ1) is 22.8. The third-order valence-electron chi connectivity index (χ3n) is 4.49. The summed E-state index contributed by atoms with van der Waals surface area (Å²) in [4.78, 5) is 25.2. The van der Waals surface area contributed by atoms with Crippen LogP contribution >= 0.6 is 0 Å². The molecule has 174 valence electrons. The molecule has 34 heavy (non-hydrogen) atoms. The van der Waals surface area contributed by atoms with Gasteiger partial charge in [-0.2, -0.15) is 10.2 Å². The van der Waals surface area contributed by atoms with E-state index in [-0.39, 0.29) is 6.54 Å². The number of fused-ring (bicyclic) bond motifs is 1. The summed E-state index contributed by atoms with van der Waals surface area (Å²) in [7, 11) is 1.60. The van der Waals surface area contributed by atoms with Gasteiger partial charge in [-0.3, -0.25) is 10.4 Å². The van der Waals surface area contributed by atoms with Crippen molar-refractivity contribution in [2.24, 2.45) is 10.2 Å². The Balaban J connectivity index is 1.48. The van der Waals surface area contributed by atoms with Crippen LogP contribution in [-0.4, -0.2) is 44.0 Å². The van der Waals surface area contributed by atoms with E-state index in [2.05, 4.69) is 40.7 Å². The number of ether oxygens (including phenoxy) is 2. The number of nitrogens with one attached hydrogen (secondary N) is 2. The van der Waals surface area contributed by atoms with Gasteiger partial charge in [-0.15, -0.1) is 5.11 Å². The maximum atomic E-state index is 11.9. The summed E-state index contributed by atoms with van der Waals surface area (Å²) in [5.41, 5.74) is 1.56. The van der Waals surface area contributed by atoms with Crippen molar-refractivity contribution in [3.63, 3.8) is 0 Å². The molecule has 0 fully saturated rings. The molecule has 3 heterocycles. The summed E-state index contributed by atoms with van der Waals surface area (Å²) in [5.74, 6) is 1.96. The summed E-state index contributed by atoms with van der Waals surface area (Å²) in [5, 5.41) is 18.7. The number of methoxy groups -OCH3 is 1. The molecule has 4 aromatic rings. The van der Waals surface area contributed by atoms with Crippen LogP contribution in [0.15, 0.2) is 59.0 Å². The molecule has 0 saturated carbocycles. The van der Waals surface area contributed by atoms with Crippen LogP contribution in [0.2, 0.25) is 0 Å². The fraction of sp³-hybridized carbons (Fsp3) is 0.261. The van der Waals surface area contributed by atoms with Gasteiger partial charge < -0.3 is 9.47 Å². The fourth-order valence-electron chi connectivity index (χ4n) is 2.97. The van der Waals surface area contributed by atoms with Crippen LogP contribution in [0.25, 0.3) is 22.4 Å². The molecule has 0 radical (unpaired) electrons. The number of aromatic amines is 1. The Morgan fingerprint density at radius 2 is 2.00 bits per heavy atom. The monoisotopic (exact) mass is 460 g/mol. The van der Waals surface area contributed by atoms with Gasteiger partial charge in [0, 0.05) is 11.8 Å². The number of anilines is 1. The molecule has 0 unspecified atom stereocenters. The minimum Gasteiger partial charge on any atom is -0.497 e. The van der Waals surface area contributed by atoms with Gasteiger partial charge in [0.1, 0.15) is 17.2 Å². The Bertz CT molecular complexity index is 1330. The van der Waals surface area contributed by atoms with E-state index >= 15 is 0 Å². The lowest BCUT2D eigenvalue weighted by Crippen LogP contribution is -2.27. The fourth-order valence-corrected chi connectivity index (χ4v) is 2.97. The number of pyridine rings is 1. The minimum absolute atomic E-state index is 0.275. The molecule has 0 aliphatic carbocycles. The maximum Gasteiger partial charge on any atom is 0.413 e. The van der Waals surface area contributed by atoms with E-state index in [1.165, 1.54) is 0 Å². The number of carbonyl (C=O) groups is 1. The Morgan fingerprint density at radius 1 is 1.15 bits per heavy atom. The van der Waals surface area contributed by atoms with E-state index in [0.29, 0.717) is 34.2 Å². The summed E-state index contributed by atoms with van der Waals surface area (Å²) in [6, 6.07) is 10.9. The number of amides is 1. The lowest BCUT2D eigenvalue weighted by molar-refractivity contribution is 0.0635. The normalized spacial score (nSPS) is 11.6. The highest BCUT2D eigenvalue weighted by molar-refractivity contribution is 5.86. The van der Waals surface area contributed by atoms with Gasteiger partial charge in [-0.1, -0.05) is 18.2 Å². The smallest absolute Gasteiger partial charge is 0.413 e. The third kappa shape index (κ3) is 5.68. The number of azo groups is 1. The second-order valence-corrected chi connectivity index (χ2v) is 8.31. The van der Waals surface area contributed by atoms with E-state index in [0.717, 1.165) is 11.1 Å². The standard InChI is InChI=1S/C23H24N8O3/c1-23(2,3)34-22(32)27-18-9-8-14(11-24-18)12-25-30-20-17-13-26-31-21(17)29-19(28-20)15-6-5-7-16(10-15)33-4/h5-11,13H,12H2,1-4H3,(H,24,27,32)(H,26,28,29,31). The average molecular weight is 460 g/mol. The SMILES string of the molecule is COc1cccc(-c2nc(N=NCc3ccc(NC(=O)OC(C)(C)C)nc3)c3cn[nH]c3n2)c1. The second kappa shape index (κ2) is 9.61. The van der Waals surface area contributed by atoms with Gasteiger partial charge in [0.25, 0.3) is 0 Å².